The second-order valence-electron chi connectivity index (χ2n) is 2.72. The van der Waals surface area contributed by atoms with Crippen molar-refractivity contribution in [1.29, 1.82) is 0 Å². The van der Waals surface area contributed by atoms with Crippen molar-refractivity contribution in [3.63, 3.8) is 0 Å². The van der Waals surface area contributed by atoms with Crippen LogP contribution >= 0.6 is 23.2 Å². The van der Waals surface area contributed by atoms with Crippen LogP contribution in [0.15, 0.2) is 18.3 Å². The first kappa shape index (κ1) is 9.43. The van der Waals surface area contributed by atoms with E-state index in [0.29, 0.717) is 10.8 Å². The van der Waals surface area contributed by atoms with Gasteiger partial charge < -0.3 is 0 Å². The Morgan fingerprint density at radius 3 is 2.57 bits per heavy atom. The maximum Gasteiger partial charge on any atom is 0.224 e. The van der Waals surface area contributed by atoms with E-state index in [1.807, 2.05) is 19.3 Å². The van der Waals surface area contributed by atoms with E-state index in [-0.39, 0.29) is 5.28 Å². The van der Waals surface area contributed by atoms with Gasteiger partial charge >= 0.3 is 0 Å². The number of rotatable bonds is 1. The van der Waals surface area contributed by atoms with Gasteiger partial charge in [-0.3, -0.25) is 4.68 Å². The zero-order valence-electron chi connectivity index (χ0n) is 7.28. The molecule has 0 atom stereocenters. The number of nitrogens with zero attached hydrogens (tertiary/aromatic N) is 4. The highest BCUT2D eigenvalue weighted by atomic mass is 35.5. The molecule has 0 N–H and O–H groups in total. The average Bonchev–Trinajstić information content (AvgIpc) is 2.50. The van der Waals surface area contributed by atoms with Gasteiger partial charge in [0, 0.05) is 19.3 Å². The maximum atomic E-state index is 5.74. The van der Waals surface area contributed by atoms with Crippen molar-refractivity contribution in [2.75, 3.05) is 0 Å². The summed E-state index contributed by atoms with van der Waals surface area (Å²) in [4.78, 5) is 7.76. The Morgan fingerprint density at radius 2 is 2.00 bits per heavy atom. The molecule has 0 aliphatic carbocycles. The number of hydrogen-bond acceptors (Lipinski definition) is 3. The smallest absolute Gasteiger partial charge is 0.224 e. The van der Waals surface area contributed by atoms with Crippen LogP contribution in [0.1, 0.15) is 0 Å². The SMILES string of the molecule is Cn1ccc(-c2cc(Cl)nc(Cl)n2)n1. The van der Waals surface area contributed by atoms with Gasteiger partial charge in [-0.2, -0.15) is 5.10 Å². The third-order valence-electron chi connectivity index (χ3n) is 1.64. The fourth-order valence-electron chi connectivity index (χ4n) is 1.07. The molecule has 4 nitrogen and oxygen atoms in total. The molecule has 2 aromatic rings. The lowest BCUT2D eigenvalue weighted by Crippen LogP contribution is -1.91. The van der Waals surface area contributed by atoms with Gasteiger partial charge in [-0.05, 0) is 17.7 Å². The van der Waals surface area contributed by atoms with Gasteiger partial charge in [-0.15, -0.1) is 0 Å². The monoisotopic (exact) mass is 228 g/mol. The predicted octanol–water partition coefficient (Wildman–Crippen LogP) is 2.18. The van der Waals surface area contributed by atoms with Crippen LogP contribution in [0, 0.1) is 0 Å². The van der Waals surface area contributed by atoms with Gasteiger partial charge in [-0.25, -0.2) is 9.97 Å². The van der Waals surface area contributed by atoms with E-state index in [1.165, 1.54) is 0 Å². The minimum atomic E-state index is 0.123. The van der Waals surface area contributed by atoms with Crippen LogP contribution in [0.3, 0.4) is 0 Å². The number of aryl methyl sites for hydroxylation is 1. The summed E-state index contributed by atoms with van der Waals surface area (Å²) in [5.41, 5.74) is 1.34. The largest absolute Gasteiger partial charge is 0.275 e. The molecular formula is C8H6Cl2N4. The quantitative estimate of drug-likeness (QED) is 0.556. The van der Waals surface area contributed by atoms with Crippen molar-refractivity contribution in [2.45, 2.75) is 0 Å². The fourth-order valence-corrected chi connectivity index (χ4v) is 1.48. The second kappa shape index (κ2) is 3.55. The fraction of sp³-hybridized carbons (Fsp3) is 0.125. The number of aromatic nitrogens is 4. The molecule has 0 unspecified atom stereocenters. The Labute approximate surface area is 90.5 Å². The second-order valence-corrected chi connectivity index (χ2v) is 3.44. The molecule has 0 bridgehead atoms. The lowest BCUT2D eigenvalue weighted by Gasteiger charge is -1.97. The van der Waals surface area contributed by atoms with Gasteiger partial charge in [0.25, 0.3) is 0 Å². The lowest BCUT2D eigenvalue weighted by molar-refractivity contribution is 0.770. The third-order valence-corrected chi connectivity index (χ3v) is 2.01. The van der Waals surface area contributed by atoms with Crippen LogP contribution in [0.5, 0.6) is 0 Å². The van der Waals surface area contributed by atoms with E-state index in [1.54, 1.807) is 10.7 Å². The molecule has 0 amide bonds. The molecule has 2 heterocycles. The van der Waals surface area contributed by atoms with E-state index >= 15 is 0 Å². The summed E-state index contributed by atoms with van der Waals surface area (Å²) in [5, 5.41) is 4.61. The van der Waals surface area contributed by atoms with Crippen LogP contribution in [0.2, 0.25) is 10.4 Å². The minimum absolute atomic E-state index is 0.123. The summed E-state index contributed by atoms with van der Waals surface area (Å²) in [6.07, 6.45) is 1.82. The van der Waals surface area contributed by atoms with Crippen molar-refractivity contribution < 1.29 is 0 Å². The highest BCUT2D eigenvalue weighted by molar-refractivity contribution is 6.32. The van der Waals surface area contributed by atoms with Crippen LogP contribution in [0.25, 0.3) is 11.4 Å². The highest BCUT2D eigenvalue weighted by Crippen LogP contribution is 2.19. The molecule has 2 rings (SSSR count). The van der Waals surface area contributed by atoms with E-state index in [2.05, 4.69) is 15.1 Å². The van der Waals surface area contributed by atoms with Gasteiger partial charge in [0.05, 0.1) is 5.69 Å². The predicted molar refractivity (Wildman–Crippen MR) is 54.3 cm³/mol. The Balaban J connectivity index is 2.51. The van der Waals surface area contributed by atoms with E-state index < -0.39 is 0 Å². The van der Waals surface area contributed by atoms with Gasteiger partial charge in [0.1, 0.15) is 10.8 Å². The van der Waals surface area contributed by atoms with Gasteiger partial charge in [-0.1, -0.05) is 11.6 Å². The topological polar surface area (TPSA) is 43.6 Å². The standard InChI is InChI=1S/C8H6Cl2N4/c1-14-3-2-5(13-14)6-4-7(9)12-8(10)11-6/h2-4H,1H3. The number of hydrogen-bond donors (Lipinski definition) is 0. The normalized spacial score (nSPS) is 10.5. The molecule has 0 aliphatic heterocycles. The van der Waals surface area contributed by atoms with E-state index in [4.69, 9.17) is 23.2 Å². The lowest BCUT2D eigenvalue weighted by atomic mass is 10.3. The van der Waals surface area contributed by atoms with E-state index in [9.17, 15) is 0 Å². The van der Waals surface area contributed by atoms with Crippen molar-refractivity contribution >= 4 is 23.2 Å². The van der Waals surface area contributed by atoms with Crippen LogP contribution in [0.4, 0.5) is 0 Å². The molecule has 0 saturated heterocycles. The Kier molecular flexibility index (Phi) is 2.39. The van der Waals surface area contributed by atoms with Crippen molar-refractivity contribution in [1.82, 2.24) is 19.7 Å². The zero-order chi connectivity index (χ0) is 10.1. The van der Waals surface area contributed by atoms with Crippen molar-refractivity contribution in [2.24, 2.45) is 7.05 Å². The van der Waals surface area contributed by atoms with Crippen LogP contribution in [-0.4, -0.2) is 19.7 Å². The molecule has 0 fully saturated rings. The average molecular weight is 229 g/mol. The summed E-state index contributed by atoms with van der Waals surface area (Å²) in [5.74, 6) is 0. The summed E-state index contributed by atoms with van der Waals surface area (Å²) >= 11 is 11.4. The summed E-state index contributed by atoms with van der Waals surface area (Å²) < 4.78 is 1.68. The molecule has 0 saturated carbocycles. The molecule has 0 aromatic carbocycles. The number of halogens is 2. The summed E-state index contributed by atoms with van der Waals surface area (Å²) in [6, 6.07) is 3.45. The van der Waals surface area contributed by atoms with Crippen molar-refractivity contribution in [3.8, 4) is 11.4 Å². The zero-order valence-corrected chi connectivity index (χ0v) is 8.79. The first-order valence-corrected chi connectivity index (χ1v) is 4.61. The first-order chi connectivity index (χ1) is 6.65. The molecule has 14 heavy (non-hydrogen) atoms. The molecule has 6 heteroatoms. The van der Waals surface area contributed by atoms with Crippen LogP contribution in [-0.2, 0) is 7.05 Å². The third kappa shape index (κ3) is 1.86. The first-order valence-electron chi connectivity index (χ1n) is 3.85. The summed E-state index contributed by atoms with van der Waals surface area (Å²) in [6.45, 7) is 0. The molecule has 0 aliphatic rings. The molecule has 72 valence electrons. The Bertz CT molecular complexity index is 446. The highest BCUT2D eigenvalue weighted by Gasteiger charge is 2.06. The van der Waals surface area contributed by atoms with Crippen molar-refractivity contribution in [3.05, 3.63) is 28.8 Å². The Hall–Kier alpha value is -1.13. The molecule has 2 aromatic heterocycles. The van der Waals surface area contributed by atoms with Gasteiger partial charge in [0.15, 0.2) is 0 Å². The molecular weight excluding hydrogens is 223 g/mol. The van der Waals surface area contributed by atoms with E-state index in [0.717, 1.165) is 5.69 Å². The maximum absolute atomic E-state index is 5.74. The van der Waals surface area contributed by atoms with Gasteiger partial charge in [0.2, 0.25) is 5.28 Å². The molecule has 0 radical (unpaired) electrons. The molecule has 0 spiro atoms. The minimum Gasteiger partial charge on any atom is -0.275 e. The summed E-state index contributed by atoms with van der Waals surface area (Å²) in [7, 11) is 1.83. The Morgan fingerprint density at radius 1 is 1.21 bits per heavy atom. The van der Waals surface area contributed by atoms with Crippen LogP contribution < -0.4 is 0 Å².